The lowest BCUT2D eigenvalue weighted by Gasteiger charge is -2.28. The van der Waals surface area contributed by atoms with Gasteiger partial charge in [-0.3, -0.25) is 0 Å². The fraction of sp³-hybridized carbons (Fsp3) is 0.286. The van der Waals surface area contributed by atoms with E-state index in [1.165, 1.54) is 24.8 Å². The molecule has 1 aliphatic heterocycles. The van der Waals surface area contributed by atoms with Crippen molar-refractivity contribution in [2.75, 3.05) is 18.0 Å². The first kappa shape index (κ1) is 16.5. The first-order chi connectivity index (χ1) is 13.2. The maximum absolute atomic E-state index is 6.23. The normalized spacial score (nSPS) is 15.0. The van der Waals surface area contributed by atoms with Gasteiger partial charge in [0, 0.05) is 29.1 Å². The lowest BCUT2D eigenvalue weighted by Crippen LogP contribution is -2.32. The van der Waals surface area contributed by atoms with Crippen LogP contribution in [-0.4, -0.2) is 32.7 Å². The van der Waals surface area contributed by atoms with E-state index in [0.717, 1.165) is 47.0 Å². The van der Waals surface area contributed by atoms with E-state index in [2.05, 4.69) is 50.7 Å². The van der Waals surface area contributed by atoms with Crippen molar-refractivity contribution in [2.24, 2.45) is 0 Å². The molecule has 0 bridgehead atoms. The Bertz CT molecular complexity index is 1140. The van der Waals surface area contributed by atoms with Gasteiger partial charge in [-0.25, -0.2) is 9.38 Å². The van der Waals surface area contributed by atoms with Crippen LogP contribution in [0.25, 0.3) is 27.9 Å². The van der Waals surface area contributed by atoms with Crippen LogP contribution in [0.3, 0.4) is 0 Å². The van der Waals surface area contributed by atoms with E-state index in [4.69, 9.17) is 16.6 Å². The molecule has 0 unspecified atom stereocenters. The second kappa shape index (κ2) is 6.50. The molecule has 2 aromatic heterocycles. The van der Waals surface area contributed by atoms with Crippen LogP contribution in [0.4, 0.5) is 5.95 Å². The van der Waals surface area contributed by atoms with E-state index in [-0.39, 0.29) is 0 Å². The molecule has 0 radical (unpaired) electrons. The minimum absolute atomic E-state index is 0.683. The number of piperidine rings is 1. The molecular weight excluding hydrogens is 358 g/mol. The van der Waals surface area contributed by atoms with Crippen molar-refractivity contribution in [3.63, 3.8) is 0 Å². The Labute approximate surface area is 162 Å². The smallest absolute Gasteiger partial charge is 0.213 e. The molecule has 0 atom stereocenters. The second-order valence-corrected chi connectivity index (χ2v) is 7.61. The average molecular weight is 378 g/mol. The van der Waals surface area contributed by atoms with E-state index in [1.54, 1.807) is 0 Å². The van der Waals surface area contributed by atoms with Crippen molar-refractivity contribution in [3.8, 4) is 11.4 Å². The molecule has 27 heavy (non-hydrogen) atoms. The van der Waals surface area contributed by atoms with Crippen LogP contribution in [0.15, 0.2) is 42.5 Å². The lowest BCUT2D eigenvalue weighted by atomic mass is 10.1. The molecule has 0 aliphatic carbocycles. The van der Waals surface area contributed by atoms with Crippen LogP contribution in [0.5, 0.6) is 0 Å². The van der Waals surface area contributed by atoms with Crippen molar-refractivity contribution < 1.29 is 0 Å². The number of halogens is 1. The molecular formula is C21H20ClN5. The monoisotopic (exact) mass is 377 g/mol. The van der Waals surface area contributed by atoms with E-state index in [9.17, 15) is 0 Å². The van der Waals surface area contributed by atoms with Crippen molar-refractivity contribution in [1.82, 2.24) is 19.6 Å². The summed E-state index contributed by atoms with van der Waals surface area (Å²) >= 11 is 6.23. The predicted molar refractivity (Wildman–Crippen MR) is 110 cm³/mol. The highest BCUT2D eigenvalue weighted by Gasteiger charge is 2.21. The van der Waals surface area contributed by atoms with Gasteiger partial charge in [-0.05, 0) is 50.5 Å². The molecule has 0 N–H and O–H groups in total. The Morgan fingerprint density at radius 2 is 1.81 bits per heavy atom. The minimum Gasteiger partial charge on any atom is -0.342 e. The van der Waals surface area contributed by atoms with E-state index < -0.39 is 0 Å². The summed E-state index contributed by atoms with van der Waals surface area (Å²) in [6.07, 6.45) is 3.63. The van der Waals surface area contributed by atoms with Gasteiger partial charge >= 0.3 is 0 Å². The topological polar surface area (TPSA) is 46.3 Å². The van der Waals surface area contributed by atoms with Crippen molar-refractivity contribution in [1.29, 1.82) is 0 Å². The van der Waals surface area contributed by atoms with Gasteiger partial charge in [0.1, 0.15) is 0 Å². The van der Waals surface area contributed by atoms with Gasteiger partial charge in [0.05, 0.1) is 5.52 Å². The Balaban J connectivity index is 1.83. The van der Waals surface area contributed by atoms with Gasteiger partial charge in [0.2, 0.25) is 5.95 Å². The van der Waals surface area contributed by atoms with Crippen LogP contribution in [0, 0.1) is 6.92 Å². The van der Waals surface area contributed by atoms with Gasteiger partial charge < -0.3 is 4.90 Å². The number of hydrogen-bond acceptors (Lipinski definition) is 4. The standard InChI is InChI=1S/C21H20ClN5/c1-14-6-5-7-15(12-14)19-24-25-20-17-9-8-16(22)13-18(17)23-21(27(19)20)26-10-3-2-4-11-26/h5-9,12-13H,2-4,10-11H2,1H3. The van der Waals surface area contributed by atoms with Gasteiger partial charge in [0.25, 0.3) is 0 Å². The number of aromatic nitrogens is 4. The zero-order chi connectivity index (χ0) is 18.4. The molecule has 1 aliphatic rings. The molecule has 0 spiro atoms. The molecule has 136 valence electrons. The van der Waals surface area contributed by atoms with Gasteiger partial charge in [-0.1, -0.05) is 35.4 Å². The summed E-state index contributed by atoms with van der Waals surface area (Å²) in [4.78, 5) is 7.34. The highest BCUT2D eigenvalue weighted by atomic mass is 35.5. The highest BCUT2D eigenvalue weighted by Crippen LogP contribution is 2.31. The average Bonchev–Trinajstić information content (AvgIpc) is 3.13. The van der Waals surface area contributed by atoms with Crippen LogP contribution in [0.2, 0.25) is 5.02 Å². The third-order valence-electron chi connectivity index (χ3n) is 5.20. The van der Waals surface area contributed by atoms with Gasteiger partial charge in [0.15, 0.2) is 11.5 Å². The maximum Gasteiger partial charge on any atom is 0.213 e. The van der Waals surface area contributed by atoms with E-state index >= 15 is 0 Å². The summed E-state index contributed by atoms with van der Waals surface area (Å²) in [5.41, 5.74) is 3.94. The van der Waals surface area contributed by atoms with E-state index in [1.807, 2.05) is 18.2 Å². The van der Waals surface area contributed by atoms with Crippen LogP contribution >= 0.6 is 11.6 Å². The van der Waals surface area contributed by atoms with Crippen molar-refractivity contribution in [3.05, 3.63) is 53.1 Å². The van der Waals surface area contributed by atoms with Crippen molar-refractivity contribution in [2.45, 2.75) is 26.2 Å². The molecule has 6 heteroatoms. The molecule has 1 saturated heterocycles. The quantitative estimate of drug-likeness (QED) is 0.498. The number of nitrogens with zero attached hydrogens (tertiary/aromatic N) is 5. The number of hydrogen-bond donors (Lipinski definition) is 0. The fourth-order valence-corrected chi connectivity index (χ4v) is 4.04. The largest absolute Gasteiger partial charge is 0.342 e. The van der Waals surface area contributed by atoms with E-state index in [0.29, 0.717) is 5.02 Å². The lowest BCUT2D eigenvalue weighted by molar-refractivity contribution is 0.567. The van der Waals surface area contributed by atoms with Crippen LogP contribution < -0.4 is 4.90 Å². The maximum atomic E-state index is 6.23. The molecule has 0 saturated carbocycles. The van der Waals surface area contributed by atoms with Gasteiger partial charge in [-0.15, -0.1) is 10.2 Å². The molecule has 2 aromatic carbocycles. The van der Waals surface area contributed by atoms with Crippen molar-refractivity contribution >= 4 is 34.1 Å². The summed E-state index contributed by atoms with van der Waals surface area (Å²) in [6, 6.07) is 14.1. The number of benzene rings is 2. The highest BCUT2D eigenvalue weighted by molar-refractivity contribution is 6.31. The van der Waals surface area contributed by atoms with Crippen LogP contribution in [-0.2, 0) is 0 Å². The zero-order valence-electron chi connectivity index (χ0n) is 15.2. The molecule has 4 aromatic rings. The summed E-state index contributed by atoms with van der Waals surface area (Å²) in [7, 11) is 0. The summed E-state index contributed by atoms with van der Waals surface area (Å²) < 4.78 is 2.11. The first-order valence-electron chi connectivity index (χ1n) is 9.37. The Morgan fingerprint density at radius 1 is 0.963 bits per heavy atom. The summed E-state index contributed by atoms with van der Waals surface area (Å²) in [6.45, 7) is 4.09. The Hall–Kier alpha value is -2.66. The SMILES string of the molecule is Cc1cccc(-c2nnc3c4ccc(Cl)cc4nc(N4CCCCC4)n23)c1. The number of rotatable bonds is 2. The molecule has 1 fully saturated rings. The third kappa shape index (κ3) is 2.82. The molecule has 5 rings (SSSR count). The van der Waals surface area contributed by atoms with Crippen LogP contribution in [0.1, 0.15) is 24.8 Å². The number of fused-ring (bicyclic) bond motifs is 3. The minimum atomic E-state index is 0.683. The number of aryl methyl sites for hydroxylation is 1. The Kier molecular flexibility index (Phi) is 3.97. The number of anilines is 1. The predicted octanol–water partition coefficient (Wildman–Crippen LogP) is 4.90. The summed E-state index contributed by atoms with van der Waals surface area (Å²) in [5, 5.41) is 10.7. The Morgan fingerprint density at radius 3 is 2.63 bits per heavy atom. The zero-order valence-corrected chi connectivity index (χ0v) is 15.9. The second-order valence-electron chi connectivity index (χ2n) is 7.17. The third-order valence-corrected chi connectivity index (χ3v) is 5.43. The summed E-state index contributed by atoms with van der Waals surface area (Å²) in [5.74, 6) is 1.74. The molecule has 0 amide bonds. The fourth-order valence-electron chi connectivity index (χ4n) is 3.87. The first-order valence-corrected chi connectivity index (χ1v) is 9.75. The molecule has 3 heterocycles. The molecule has 5 nitrogen and oxygen atoms in total. The van der Waals surface area contributed by atoms with Gasteiger partial charge in [-0.2, -0.15) is 0 Å².